The molecule has 2 amide bonds. The van der Waals surface area contributed by atoms with E-state index in [1.165, 1.54) is 0 Å². The van der Waals surface area contributed by atoms with Gasteiger partial charge in [-0.15, -0.1) is 0 Å². The molecule has 0 aliphatic carbocycles. The highest BCUT2D eigenvalue weighted by atomic mass is 16.5. The van der Waals surface area contributed by atoms with Gasteiger partial charge in [-0.05, 0) is 56.3 Å². The Morgan fingerprint density at radius 1 is 1.21 bits per heavy atom. The Kier molecular flexibility index (Phi) is 6.21. The number of hydrogen-bond donors (Lipinski definition) is 2. The van der Waals surface area contributed by atoms with Crippen LogP contribution in [0, 0.1) is 5.92 Å². The molecule has 0 aromatic heterocycles. The van der Waals surface area contributed by atoms with Gasteiger partial charge in [-0.3, -0.25) is 9.59 Å². The highest BCUT2D eigenvalue weighted by Gasteiger charge is 2.47. The molecule has 34 heavy (non-hydrogen) atoms. The number of carbonyl (C=O) groups excluding carboxylic acids is 2. The lowest BCUT2D eigenvalue weighted by atomic mass is 9.75. The minimum Gasteiger partial charge on any atom is -0.493 e. The summed E-state index contributed by atoms with van der Waals surface area (Å²) in [5.41, 5.74) is 3.48. The molecule has 0 spiro atoms. The van der Waals surface area contributed by atoms with Crippen molar-refractivity contribution >= 4 is 11.8 Å². The molecule has 3 aliphatic heterocycles. The van der Waals surface area contributed by atoms with Crippen molar-refractivity contribution in [2.24, 2.45) is 5.92 Å². The van der Waals surface area contributed by atoms with E-state index in [1.807, 2.05) is 42.2 Å². The van der Waals surface area contributed by atoms with Gasteiger partial charge in [0.2, 0.25) is 5.91 Å². The van der Waals surface area contributed by atoms with Crippen LogP contribution in [-0.2, 0) is 11.2 Å². The molecule has 2 aromatic rings. The normalized spacial score (nSPS) is 24.4. The summed E-state index contributed by atoms with van der Waals surface area (Å²) in [5.74, 6) is 1.28. The van der Waals surface area contributed by atoms with Gasteiger partial charge in [0.15, 0.2) is 11.5 Å². The summed E-state index contributed by atoms with van der Waals surface area (Å²) in [5, 5.41) is 6.72. The van der Waals surface area contributed by atoms with Gasteiger partial charge in [-0.2, -0.15) is 0 Å². The van der Waals surface area contributed by atoms with E-state index in [0.29, 0.717) is 30.0 Å². The SMILES string of the molecule is COc1cc(C(=O)N[C@H](C)c2ccccc2)c2c(c1OC)CCN1C(=O)[C@@H]3CCCN[C@@H]3C[C@@H]21. The van der Waals surface area contributed by atoms with Crippen molar-refractivity contribution in [1.82, 2.24) is 15.5 Å². The number of fused-ring (bicyclic) bond motifs is 4. The largest absolute Gasteiger partial charge is 0.493 e. The summed E-state index contributed by atoms with van der Waals surface area (Å²) in [6.07, 6.45) is 3.39. The number of hydrogen-bond acceptors (Lipinski definition) is 5. The van der Waals surface area contributed by atoms with Crippen molar-refractivity contribution in [2.45, 2.75) is 50.7 Å². The Balaban J connectivity index is 1.56. The van der Waals surface area contributed by atoms with E-state index in [-0.39, 0.29) is 35.9 Å². The lowest BCUT2D eigenvalue weighted by molar-refractivity contribution is -0.145. The summed E-state index contributed by atoms with van der Waals surface area (Å²) >= 11 is 0. The first-order chi connectivity index (χ1) is 16.5. The number of nitrogens with zero attached hydrogens (tertiary/aromatic N) is 1. The average molecular weight is 464 g/mol. The van der Waals surface area contributed by atoms with Gasteiger partial charge >= 0.3 is 0 Å². The van der Waals surface area contributed by atoms with Crippen molar-refractivity contribution in [3.63, 3.8) is 0 Å². The second kappa shape index (κ2) is 9.29. The maximum absolute atomic E-state index is 13.7. The number of amides is 2. The molecule has 3 aliphatic rings. The van der Waals surface area contributed by atoms with Crippen LogP contribution in [0.5, 0.6) is 11.5 Å². The Hall–Kier alpha value is -3.06. The number of rotatable bonds is 5. The fourth-order valence-corrected chi connectivity index (χ4v) is 6.00. The van der Waals surface area contributed by atoms with E-state index in [2.05, 4.69) is 10.6 Å². The minimum atomic E-state index is -0.165. The quantitative estimate of drug-likeness (QED) is 0.711. The predicted octanol–water partition coefficient (Wildman–Crippen LogP) is 3.39. The van der Waals surface area contributed by atoms with Crippen LogP contribution in [-0.4, -0.2) is 50.1 Å². The summed E-state index contributed by atoms with van der Waals surface area (Å²) < 4.78 is 11.4. The van der Waals surface area contributed by atoms with Crippen LogP contribution in [0.2, 0.25) is 0 Å². The van der Waals surface area contributed by atoms with Crippen LogP contribution in [0.4, 0.5) is 0 Å². The maximum Gasteiger partial charge on any atom is 0.252 e. The fourth-order valence-electron chi connectivity index (χ4n) is 6.00. The maximum atomic E-state index is 13.7. The lowest BCUT2D eigenvalue weighted by Crippen LogP contribution is -2.58. The predicted molar refractivity (Wildman–Crippen MR) is 129 cm³/mol. The molecule has 2 fully saturated rings. The second-order valence-corrected chi connectivity index (χ2v) is 9.50. The van der Waals surface area contributed by atoms with Gasteiger partial charge in [-0.25, -0.2) is 0 Å². The minimum absolute atomic E-state index is 0.0297. The molecular formula is C27H33N3O4. The van der Waals surface area contributed by atoms with E-state index in [9.17, 15) is 9.59 Å². The van der Waals surface area contributed by atoms with Crippen molar-refractivity contribution in [2.75, 3.05) is 27.3 Å². The van der Waals surface area contributed by atoms with E-state index < -0.39 is 0 Å². The van der Waals surface area contributed by atoms with E-state index in [0.717, 1.165) is 42.5 Å². The first-order valence-corrected chi connectivity index (χ1v) is 12.2. The Labute approximate surface area is 200 Å². The molecule has 0 radical (unpaired) electrons. The van der Waals surface area contributed by atoms with Gasteiger partial charge in [0.1, 0.15) is 0 Å². The molecule has 180 valence electrons. The Morgan fingerprint density at radius 2 is 2.00 bits per heavy atom. The zero-order chi connectivity index (χ0) is 23.8. The molecular weight excluding hydrogens is 430 g/mol. The highest BCUT2D eigenvalue weighted by Crippen LogP contribution is 2.47. The average Bonchev–Trinajstić information content (AvgIpc) is 2.88. The summed E-state index contributed by atoms with van der Waals surface area (Å²) in [4.78, 5) is 29.1. The number of methoxy groups -OCH3 is 2. The monoisotopic (exact) mass is 463 g/mol. The van der Waals surface area contributed by atoms with Crippen molar-refractivity contribution in [3.8, 4) is 11.5 Å². The number of benzene rings is 2. The standard InChI is InChI=1S/C27H33N3O4/c1-16(17-8-5-4-6-9-17)29-26(31)20-14-23(33-2)25(34-3)19-11-13-30-22(24(19)20)15-21-18(27(30)32)10-7-12-28-21/h4-6,8-9,14,16,18,21-22,28H,7,10-13,15H2,1-3H3,(H,29,31)/t16-,18-,21-,22+/m1/s1. The molecule has 4 atom stereocenters. The van der Waals surface area contributed by atoms with Gasteiger partial charge in [0.25, 0.3) is 5.91 Å². The summed E-state index contributed by atoms with van der Waals surface area (Å²) in [6.45, 7) is 3.54. The third-order valence-electron chi connectivity index (χ3n) is 7.68. The number of piperidine rings is 2. The third kappa shape index (κ3) is 3.82. The molecule has 5 rings (SSSR count). The molecule has 2 aromatic carbocycles. The van der Waals surface area contributed by atoms with Crippen LogP contribution in [0.3, 0.4) is 0 Å². The van der Waals surface area contributed by atoms with Crippen LogP contribution in [0.1, 0.15) is 65.3 Å². The van der Waals surface area contributed by atoms with Gasteiger partial charge in [0.05, 0.1) is 32.2 Å². The van der Waals surface area contributed by atoms with Gasteiger partial charge < -0.3 is 25.0 Å². The third-order valence-corrected chi connectivity index (χ3v) is 7.68. The fraction of sp³-hybridized carbons (Fsp3) is 0.481. The molecule has 3 heterocycles. The second-order valence-electron chi connectivity index (χ2n) is 9.50. The number of ether oxygens (including phenoxy) is 2. The van der Waals surface area contributed by atoms with Crippen molar-refractivity contribution < 1.29 is 19.1 Å². The van der Waals surface area contributed by atoms with Crippen LogP contribution >= 0.6 is 0 Å². The number of nitrogens with one attached hydrogen (secondary N) is 2. The molecule has 0 bridgehead atoms. The molecule has 0 saturated carbocycles. The molecule has 2 saturated heterocycles. The van der Waals surface area contributed by atoms with E-state index >= 15 is 0 Å². The Morgan fingerprint density at radius 3 is 2.74 bits per heavy atom. The zero-order valence-corrected chi connectivity index (χ0v) is 20.1. The van der Waals surface area contributed by atoms with E-state index in [4.69, 9.17) is 9.47 Å². The van der Waals surface area contributed by atoms with Crippen LogP contribution in [0.15, 0.2) is 36.4 Å². The van der Waals surface area contributed by atoms with Crippen LogP contribution in [0.25, 0.3) is 0 Å². The van der Waals surface area contributed by atoms with Crippen LogP contribution < -0.4 is 20.1 Å². The van der Waals surface area contributed by atoms with Gasteiger partial charge in [-0.1, -0.05) is 30.3 Å². The molecule has 0 unspecified atom stereocenters. The first kappa shape index (κ1) is 22.7. The topological polar surface area (TPSA) is 79.9 Å². The lowest BCUT2D eigenvalue weighted by Gasteiger charge is -2.49. The molecule has 2 N–H and O–H groups in total. The highest BCUT2D eigenvalue weighted by molar-refractivity contribution is 5.98. The van der Waals surface area contributed by atoms with Crippen molar-refractivity contribution in [1.29, 1.82) is 0 Å². The molecule has 7 heteroatoms. The summed E-state index contributed by atoms with van der Waals surface area (Å²) in [7, 11) is 3.22. The first-order valence-electron chi connectivity index (χ1n) is 12.2. The number of carbonyl (C=O) groups is 2. The zero-order valence-electron chi connectivity index (χ0n) is 20.1. The summed E-state index contributed by atoms with van der Waals surface area (Å²) in [6, 6.07) is 11.5. The Bertz CT molecular complexity index is 1090. The molecule has 7 nitrogen and oxygen atoms in total. The van der Waals surface area contributed by atoms with E-state index in [1.54, 1.807) is 20.3 Å². The van der Waals surface area contributed by atoms with Crippen molar-refractivity contribution in [3.05, 3.63) is 58.7 Å². The smallest absolute Gasteiger partial charge is 0.252 e. The van der Waals surface area contributed by atoms with Gasteiger partial charge in [0, 0.05) is 23.7 Å².